The summed E-state index contributed by atoms with van der Waals surface area (Å²) in [7, 11) is 0. The van der Waals surface area contributed by atoms with Gasteiger partial charge in [-0.3, -0.25) is 9.59 Å². The van der Waals surface area contributed by atoms with Crippen LogP contribution >= 0.6 is 11.3 Å². The number of piperidine rings is 1. The molecule has 7 nitrogen and oxygen atoms in total. The Morgan fingerprint density at radius 2 is 1.75 bits per heavy atom. The number of fused-ring (bicyclic) bond motifs is 1. The summed E-state index contributed by atoms with van der Waals surface area (Å²) < 4.78 is 5.85. The van der Waals surface area contributed by atoms with Crippen LogP contribution in [0.1, 0.15) is 29.4 Å². The summed E-state index contributed by atoms with van der Waals surface area (Å²) in [6.07, 6.45) is 1.39. The maximum absolute atomic E-state index is 12.9. The normalized spacial score (nSPS) is 14.6. The molecule has 0 atom stereocenters. The number of ketones is 1. The number of hydrogen-bond acceptors (Lipinski definition) is 7. The van der Waals surface area contributed by atoms with Gasteiger partial charge in [0.15, 0.2) is 16.5 Å². The molecule has 0 unspecified atom stereocenters. The summed E-state index contributed by atoms with van der Waals surface area (Å²) in [6.45, 7) is 2.90. The van der Waals surface area contributed by atoms with Crippen molar-refractivity contribution in [2.45, 2.75) is 19.8 Å². The molecule has 2 aromatic heterocycles. The topological polar surface area (TPSA) is 88.3 Å². The van der Waals surface area contributed by atoms with Gasteiger partial charge in [-0.25, -0.2) is 4.98 Å². The molecule has 1 aliphatic rings. The SMILES string of the molecule is CC(=O)c1sc(NC(=O)C2CCN(c3nc4ccccc4o3)CC2)nc1-c1ccccc1. The van der Waals surface area contributed by atoms with Crippen molar-refractivity contribution in [3.05, 3.63) is 59.5 Å². The Hall–Kier alpha value is -3.52. The molecule has 1 amide bonds. The largest absolute Gasteiger partial charge is 0.423 e. The van der Waals surface area contributed by atoms with Gasteiger partial charge in [0.05, 0.1) is 10.6 Å². The number of oxazole rings is 1. The molecular formula is C24H22N4O3S. The van der Waals surface area contributed by atoms with E-state index in [1.807, 2.05) is 54.6 Å². The lowest BCUT2D eigenvalue weighted by Gasteiger charge is -2.29. The van der Waals surface area contributed by atoms with Crippen molar-refractivity contribution in [3.63, 3.8) is 0 Å². The van der Waals surface area contributed by atoms with Crippen LogP contribution in [0.4, 0.5) is 11.1 Å². The molecule has 2 aromatic carbocycles. The second kappa shape index (κ2) is 8.55. The monoisotopic (exact) mass is 446 g/mol. The van der Waals surface area contributed by atoms with Gasteiger partial charge in [-0.1, -0.05) is 53.8 Å². The summed E-state index contributed by atoms with van der Waals surface area (Å²) in [5.41, 5.74) is 3.08. The Morgan fingerprint density at radius 3 is 2.47 bits per heavy atom. The molecule has 1 saturated heterocycles. The molecule has 8 heteroatoms. The number of anilines is 2. The number of amides is 1. The highest BCUT2D eigenvalue weighted by Gasteiger charge is 2.28. The van der Waals surface area contributed by atoms with E-state index in [0.717, 1.165) is 16.7 Å². The maximum Gasteiger partial charge on any atom is 0.298 e. The van der Waals surface area contributed by atoms with Gasteiger partial charge in [-0.15, -0.1) is 0 Å². The predicted octanol–water partition coefficient (Wildman–Crippen LogP) is 5.01. The molecule has 4 aromatic rings. The fourth-order valence-corrected chi connectivity index (χ4v) is 4.83. The molecule has 1 aliphatic heterocycles. The minimum atomic E-state index is -0.125. The zero-order valence-corrected chi connectivity index (χ0v) is 18.4. The summed E-state index contributed by atoms with van der Waals surface area (Å²) in [4.78, 5) is 36.7. The lowest BCUT2D eigenvalue weighted by atomic mass is 9.96. The van der Waals surface area contributed by atoms with Gasteiger partial charge in [0.1, 0.15) is 5.52 Å². The average Bonchev–Trinajstić information content (AvgIpc) is 3.44. The maximum atomic E-state index is 12.9. The van der Waals surface area contributed by atoms with Crippen molar-refractivity contribution >= 4 is 45.3 Å². The second-order valence-corrected chi connectivity index (χ2v) is 8.83. The quantitative estimate of drug-likeness (QED) is 0.434. The van der Waals surface area contributed by atoms with Crippen LogP contribution in [-0.2, 0) is 4.79 Å². The Morgan fingerprint density at radius 1 is 1.03 bits per heavy atom. The summed E-state index contributed by atoms with van der Waals surface area (Å²) in [5.74, 6) is -0.250. The first-order chi connectivity index (χ1) is 15.6. The Labute approximate surface area is 189 Å². The van der Waals surface area contributed by atoms with E-state index in [4.69, 9.17) is 4.42 Å². The number of nitrogens with one attached hydrogen (secondary N) is 1. The molecule has 32 heavy (non-hydrogen) atoms. The van der Waals surface area contributed by atoms with Gasteiger partial charge in [-0.05, 0) is 25.0 Å². The zero-order chi connectivity index (χ0) is 22.1. The van der Waals surface area contributed by atoms with E-state index in [9.17, 15) is 9.59 Å². The zero-order valence-electron chi connectivity index (χ0n) is 17.6. The van der Waals surface area contributed by atoms with Crippen molar-refractivity contribution in [1.82, 2.24) is 9.97 Å². The summed E-state index contributed by atoms with van der Waals surface area (Å²) in [6, 6.07) is 17.8. The number of hydrogen-bond donors (Lipinski definition) is 1. The standard InChI is InChI=1S/C24H22N4O3S/c1-15(29)21-20(16-7-3-2-4-8-16)26-23(32-21)27-22(30)17-11-13-28(14-12-17)24-25-18-9-5-6-10-19(18)31-24/h2-10,17H,11-14H2,1H3,(H,26,27,30). The van der Waals surface area contributed by atoms with E-state index in [2.05, 4.69) is 20.2 Å². The molecule has 0 radical (unpaired) electrons. The molecular weight excluding hydrogens is 424 g/mol. The van der Waals surface area contributed by atoms with Gasteiger partial charge in [0.25, 0.3) is 6.01 Å². The number of thiazole rings is 1. The molecule has 0 bridgehead atoms. The summed E-state index contributed by atoms with van der Waals surface area (Å²) in [5, 5.41) is 3.39. The van der Waals surface area contributed by atoms with Crippen LogP contribution in [0, 0.1) is 5.92 Å². The number of carbonyl (C=O) groups is 2. The fourth-order valence-electron chi connectivity index (χ4n) is 3.94. The van der Waals surface area contributed by atoms with E-state index in [-0.39, 0.29) is 17.6 Å². The van der Waals surface area contributed by atoms with Crippen molar-refractivity contribution in [3.8, 4) is 11.3 Å². The van der Waals surface area contributed by atoms with Crippen LogP contribution in [0.15, 0.2) is 59.0 Å². The smallest absolute Gasteiger partial charge is 0.298 e. The van der Waals surface area contributed by atoms with Gasteiger partial charge in [-0.2, -0.15) is 4.98 Å². The lowest BCUT2D eigenvalue weighted by Crippen LogP contribution is -2.38. The van der Waals surface area contributed by atoms with E-state index < -0.39 is 0 Å². The minimum Gasteiger partial charge on any atom is -0.423 e. The molecule has 0 saturated carbocycles. The molecule has 162 valence electrons. The average molecular weight is 447 g/mol. The number of carbonyl (C=O) groups excluding carboxylic acids is 2. The molecule has 5 rings (SSSR count). The number of rotatable bonds is 5. The van der Waals surface area contributed by atoms with E-state index in [1.165, 1.54) is 18.3 Å². The van der Waals surface area contributed by atoms with E-state index in [1.54, 1.807) is 0 Å². The van der Waals surface area contributed by atoms with E-state index >= 15 is 0 Å². The second-order valence-electron chi connectivity index (χ2n) is 7.83. The predicted molar refractivity (Wildman–Crippen MR) is 125 cm³/mol. The third kappa shape index (κ3) is 4.01. The van der Waals surface area contributed by atoms with Gasteiger partial charge < -0.3 is 14.6 Å². The first-order valence-corrected chi connectivity index (χ1v) is 11.4. The lowest BCUT2D eigenvalue weighted by molar-refractivity contribution is -0.120. The molecule has 0 spiro atoms. The van der Waals surface area contributed by atoms with Crippen LogP contribution in [0.5, 0.6) is 0 Å². The van der Waals surface area contributed by atoms with Crippen molar-refractivity contribution in [2.75, 3.05) is 23.3 Å². The van der Waals surface area contributed by atoms with Crippen molar-refractivity contribution in [1.29, 1.82) is 0 Å². The highest BCUT2D eigenvalue weighted by atomic mass is 32.1. The minimum absolute atomic E-state index is 0.0616. The molecule has 0 aliphatic carbocycles. The summed E-state index contributed by atoms with van der Waals surface area (Å²) >= 11 is 1.23. The molecule has 1 fully saturated rings. The van der Waals surface area contributed by atoms with Crippen LogP contribution < -0.4 is 10.2 Å². The van der Waals surface area contributed by atoms with Gasteiger partial charge >= 0.3 is 0 Å². The van der Waals surface area contributed by atoms with E-state index in [0.29, 0.717) is 47.6 Å². The van der Waals surface area contributed by atoms with Gasteiger partial charge in [0.2, 0.25) is 5.91 Å². The first-order valence-electron chi connectivity index (χ1n) is 10.6. The van der Waals surface area contributed by atoms with Crippen LogP contribution in [-0.4, -0.2) is 34.7 Å². The Kier molecular flexibility index (Phi) is 5.45. The highest BCUT2D eigenvalue weighted by molar-refractivity contribution is 7.18. The molecule has 1 N–H and O–H groups in total. The van der Waals surface area contributed by atoms with Crippen molar-refractivity contribution in [2.24, 2.45) is 5.92 Å². The first kappa shape index (κ1) is 20.4. The Balaban J connectivity index is 1.25. The molecule has 3 heterocycles. The van der Waals surface area contributed by atoms with Gasteiger partial charge in [0, 0.05) is 31.5 Å². The number of para-hydroxylation sites is 2. The highest BCUT2D eigenvalue weighted by Crippen LogP contribution is 2.32. The Bertz CT molecular complexity index is 1240. The van der Waals surface area contributed by atoms with Crippen LogP contribution in [0.2, 0.25) is 0 Å². The third-order valence-electron chi connectivity index (χ3n) is 5.64. The third-order valence-corrected chi connectivity index (χ3v) is 6.71. The number of benzene rings is 2. The fraction of sp³-hybridized carbons (Fsp3) is 0.250. The number of nitrogens with zero attached hydrogens (tertiary/aromatic N) is 3. The van der Waals surface area contributed by atoms with Crippen molar-refractivity contribution < 1.29 is 14.0 Å². The number of Topliss-reactive ketones (excluding diaryl/α,β-unsaturated/α-hetero) is 1. The van der Waals surface area contributed by atoms with Crippen LogP contribution in [0.3, 0.4) is 0 Å². The van der Waals surface area contributed by atoms with Crippen LogP contribution in [0.25, 0.3) is 22.4 Å². The number of aromatic nitrogens is 2.